The summed E-state index contributed by atoms with van der Waals surface area (Å²) in [6.45, 7) is 3.15. The van der Waals surface area contributed by atoms with Crippen LogP contribution in [0.15, 0.2) is 18.3 Å². The molecule has 0 aromatic carbocycles. The van der Waals surface area contributed by atoms with Crippen LogP contribution in [0.2, 0.25) is 0 Å². The first-order valence-corrected chi connectivity index (χ1v) is 13.0. The number of aliphatic hydroxyl groups excluding tert-OH is 1. The number of hydrogen-bond acceptors (Lipinski definition) is 5. The highest BCUT2D eigenvalue weighted by Crippen LogP contribution is 2.14. The largest absolute Gasteiger partial charge is 0.469 e. The monoisotopic (exact) mass is 446 g/mol. The minimum atomic E-state index is -0.461. The van der Waals surface area contributed by atoms with E-state index in [9.17, 15) is 5.11 Å². The van der Waals surface area contributed by atoms with Crippen molar-refractivity contribution in [1.29, 1.82) is 5.26 Å². The van der Waals surface area contributed by atoms with Gasteiger partial charge in [-0.3, -0.25) is 0 Å². The van der Waals surface area contributed by atoms with E-state index in [1.807, 2.05) is 6.07 Å². The summed E-state index contributed by atoms with van der Waals surface area (Å²) in [4.78, 5) is 4.07. The molecule has 1 aromatic rings. The van der Waals surface area contributed by atoms with Crippen molar-refractivity contribution in [1.82, 2.24) is 4.98 Å². The molecule has 0 amide bonds. The molecular weight excluding hydrogens is 400 g/mol. The Hall–Kier alpha value is -1.64. The Morgan fingerprint density at radius 1 is 0.875 bits per heavy atom. The van der Waals surface area contributed by atoms with Gasteiger partial charge in [0.25, 0.3) is 0 Å². The maximum Gasteiger partial charge on any atom is 0.214 e. The number of nitrogens with zero attached hydrogens (tertiary/aromatic N) is 2. The molecule has 32 heavy (non-hydrogen) atoms. The van der Waals surface area contributed by atoms with Crippen LogP contribution >= 0.6 is 0 Å². The zero-order chi connectivity index (χ0) is 23.1. The minimum Gasteiger partial charge on any atom is -0.469 e. The summed E-state index contributed by atoms with van der Waals surface area (Å²) < 4.78 is 11.3. The Balaban J connectivity index is 1.86. The van der Waals surface area contributed by atoms with Gasteiger partial charge in [0.2, 0.25) is 5.88 Å². The van der Waals surface area contributed by atoms with Crippen LogP contribution in [-0.2, 0) is 4.74 Å². The van der Waals surface area contributed by atoms with E-state index in [1.54, 1.807) is 12.1 Å². The van der Waals surface area contributed by atoms with Crippen LogP contribution in [0, 0.1) is 11.3 Å². The zero-order valence-corrected chi connectivity index (χ0v) is 20.4. The van der Waals surface area contributed by atoms with E-state index in [0.29, 0.717) is 24.7 Å². The highest BCUT2D eigenvalue weighted by Gasteiger charge is 2.11. The molecule has 1 aromatic heterocycles. The molecule has 0 aliphatic carbocycles. The van der Waals surface area contributed by atoms with E-state index >= 15 is 0 Å². The van der Waals surface area contributed by atoms with E-state index in [1.165, 1.54) is 103 Å². The first-order valence-electron chi connectivity index (χ1n) is 13.0. The predicted octanol–water partition coefficient (Wildman–Crippen LogP) is 6.97. The topological polar surface area (TPSA) is 75.4 Å². The number of aliphatic hydroxyl groups is 1. The second-order valence-corrected chi connectivity index (χ2v) is 8.80. The Morgan fingerprint density at radius 2 is 1.41 bits per heavy atom. The Labute approximate surface area is 196 Å². The van der Waals surface area contributed by atoms with Crippen LogP contribution in [0.5, 0.6) is 5.88 Å². The normalized spacial score (nSPS) is 11.9. The molecule has 0 fully saturated rings. The number of ether oxygens (including phenoxy) is 2. The second-order valence-electron chi connectivity index (χ2n) is 8.80. The third kappa shape index (κ3) is 16.1. The predicted molar refractivity (Wildman–Crippen MR) is 131 cm³/mol. The van der Waals surface area contributed by atoms with Crippen LogP contribution in [0.1, 0.15) is 115 Å². The Morgan fingerprint density at radius 3 is 1.91 bits per heavy atom. The van der Waals surface area contributed by atoms with E-state index in [2.05, 4.69) is 11.9 Å². The van der Waals surface area contributed by atoms with Gasteiger partial charge in [-0.15, -0.1) is 0 Å². The summed E-state index contributed by atoms with van der Waals surface area (Å²) >= 11 is 0. The fraction of sp³-hybridized carbons (Fsp3) is 0.778. The van der Waals surface area contributed by atoms with Gasteiger partial charge in [-0.2, -0.15) is 5.26 Å². The maximum atomic E-state index is 9.46. The molecule has 0 spiro atoms. The standard InChI is InChI=1S/C27H46N2O3/c1-2-3-4-5-6-7-8-9-10-11-12-13-14-15-16-17-20-31-24-26(23-30)32-27-21-25(22-28)18-19-29-27/h18-19,21,26,30H,2-17,20,23-24H2,1H3/t26-/m0/s1. The molecule has 1 rings (SSSR count). The lowest BCUT2D eigenvalue weighted by molar-refractivity contribution is 0.0167. The highest BCUT2D eigenvalue weighted by atomic mass is 16.5. The summed E-state index contributed by atoms with van der Waals surface area (Å²) in [7, 11) is 0. The van der Waals surface area contributed by atoms with Crippen molar-refractivity contribution in [3.05, 3.63) is 23.9 Å². The summed E-state index contributed by atoms with van der Waals surface area (Å²) in [6, 6.07) is 5.24. The number of pyridine rings is 1. The molecule has 0 radical (unpaired) electrons. The summed E-state index contributed by atoms with van der Waals surface area (Å²) in [5, 5.41) is 18.4. The second kappa shape index (κ2) is 21.2. The molecule has 1 N–H and O–H groups in total. The van der Waals surface area contributed by atoms with Gasteiger partial charge in [-0.25, -0.2) is 4.98 Å². The minimum absolute atomic E-state index is 0.141. The summed E-state index contributed by atoms with van der Waals surface area (Å²) in [6.07, 6.45) is 22.8. The van der Waals surface area contributed by atoms with Crippen molar-refractivity contribution < 1.29 is 14.6 Å². The number of rotatable bonds is 22. The van der Waals surface area contributed by atoms with E-state index in [0.717, 1.165) is 6.42 Å². The van der Waals surface area contributed by atoms with Gasteiger partial charge in [0.1, 0.15) is 6.10 Å². The lowest BCUT2D eigenvalue weighted by atomic mass is 10.0. The fourth-order valence-electron chi connectivity index (χ4n) is 3.81. The molecule has 182 valence electrons. The average Bonchev–Trinajstić information content (AvgIpc) is 2.82. The third-order valence-corrected chi connectivity index (χ3v) is 5.80. The first kappa shape index (κ1) is 28.4. The van der Waals surface area contributed by atoms with Crippen LogP contribution < -0.4 is 4.74 Å². The molecule has 1 atom stereocenters. The molecule has 0 aliphatic rings. The van der Waals surface area contributed by atoms with Crippen LogP contribution in [-0.4, -0.2) is 36.0 Å². The van der Waals surface area contributed by atoms with Crippen LogP contribution in [0.25, 0.3) is 0 Å². The van der Waals surface area contributed by atoms with E-state index in [-0.39, 0.29) is 6.61 Å². The first-order chi connectivity index (χ1) is 15.8. The quantitative estimate of drug-likeness (QED) is 0.195. The number of hydrogen-bond donors (Lipinski definition) is 1. The van der Waals surface area contributed by atoms with Gasteiger partial charge >= 0.3 is 0 Å². The van der Waals surface area contributed by atoms with E-state index in [4.69, 9.17) is 14.7 Å². The smallest absolute Gasteiger partial charge is 0.214 e. The Bertz CT molecular complexity index is 589. The SMILES string of the molecule is CCCCCCCCCCCCCCCCCCOC[C@H](CO)Oc1cc(C#N)ccn1. The molecule has 0 saturated carbocycles. The molecular formula is C27H46N2O3. The van der Waals surface area contributed by atoms with Crippen molar-refractivity contribution in [2.45, 2.75) is 116 Å². The lowest BCUT2D eigenvalue weighted by Crippen LogP contribution is -2.27. The molecule has 0 unspecified atom stereocenters. The van der Waals surface area contributed by atoms with Gasteiger partial charge in [-0.1, -0.05) is 103 Å². The molecule has 0 saturated heterocycles. The summed E-state index contributed by atoms with van der Waals surface area (Å²) in [5.74, 6) is 0.342. The molecule has 1 heterocycles. The Kier molecular flexibility index (Phi) is 18.8. The van der Waals surface area contributed by atoms with Crippen molar-refractivity contribution in [2.24, 2.45) is 0 Å². The maximum absolute atomic E-state index is 9.46. The van der Waals surface area contributed by atoms with Crippen molar-refractivity contribution >= 4 is 0 Å². The molecule has 0 bridgehead atoms. The van der Waals surface area contributed by atoms with Gasteiger partial charge < -0.3 is 14.6 Å². The van der Waals surface area contributed by atoms with Crippen molar-refractivity contribution in [2.75, 3.05) is 19.8 Å². The number of unbranched alkanes of at least 4 members (excludes halogenated alkanes) is 15. The van der Waals surface area contributed by atoms with Gasteiger partial charge in [-0.05, 0) is 12.5 Å². The zero-order valence-electron chi connectivity index (χ0n) is 20.4. The van der Waals surface area contributed by atoms with E-state index < -0.39 is 6.10 Å². The number of nitriles is 1. The third-order valence-electron chi connectivity index (χ3n) is 5.80. The lowest BCUT2D eigenvalue weighted by Gasteiger charge is -2.16. The van der Waals surface area contributed by atoms with Gasteiger partial charge in [0.15, 0.2) is 0 Å². The molecule has 5 nitrogen and oxygen atoms in total. The van der Waals surface area contributed by atoms with Gasteiger partial charge in [0, 0.05) is 18.9 Å². The van der Waals surface area contributed by atoms with Gasteiger partial charge in [0.05, 0.1) is 24.8 Å². The molecule has 0 aliphatic heterocycles. The van der Waals surface area contributed by atoms with Crippen molar-refractivity contribution in [3.63, 3.8) is 0 Å². The average molecular weight is 447 g/mol. The van der Waals surface area contributed by atoms with Crippen molar-refractivity contribution in [3.8, 4) is 11.9 Å². The van der Waals surface area contributed by atoms with Crippen LogP contribution in [0.3, 0.4) is 0 Å². The highest BCUT2D eigenvalue weighted by molar-refractivity contribution is 5.31. The van der Waals surface area contributed by atoms with Crippen LogP contribution in [0.4, 0.5) is 0 Å². The fourth-order valence-corrected chi connectivity index (χ4v) is 3.81. The number of aromatic nitrogens is 1. The molecule has 5 heteroatoms. The summed E-state index contributed by atoms with van der Waals surface area (Å²) in [5.41, 5.74) is 0.487.